The summed E-state index contributed by atoms with van der Waals surface area (Å²) in [4.78, 5) is 12.2. The van der Waals surface area contributed by atoms with E-state index < -0.39 is 15.8 Å². The van der Waals surface area contributed by atoms with E-state index in [4.69, 9.17) is 16.3 Å². The van der Waals surface area contributed by atoms with E-state index in [-0.39, 0.29) is 22.3 Å². The predicted octanol–water partition coefficient (Wildman–Crippen LogP) is 5.55. The molecule has 0 aliphatic rings. The maximum atomic E-state index is 13.8. The summed E-state index contributed by atoms with van der Waals surface area (Å²) in [7, 11) is -3.79. The normalized spacial score (nSPS) is 11.1. The van der Waals surface area contributed by atoms with Crippen LogP contribution in [0.4, 0.5) is 15.8 Å². The van der Waals surface area contributed by atoms with Gasteiger partial charge in [-0.3, -0.25) is 9.52 Å². The molecule has 0 saturated carbocycles. The number of rotatable bonds is 10. The monoisotopic (exact) mass is 508 g/mol. The molecule has 0 fully saturated rings. The van der Waals surface area contributed by atoms with Gasteiger partial charge in [-0.2, -0.15) is 0 Å². The average molecular weight is 509 g/mol. The first-order valence-corrected chi connectivity index (χ1v) is 13.0. The van der Waals surface area contributed by atoms with Crippen molar-refractivity contribution < 1.29 is 22.3 Å². The van der Waals surface area contributed by atoms with Crippen LogP contribution in [0.2, 0.25) is 5.02 Å². The quantitative estimate of drug-likeness (QED) is 0.375. The lowest BCUT2D eigenvalue weighted by atomic mass is 10.2. The Labute approximate surface area is 201 Å². The molecular formula is C23H22ClFN2O4S2. The molecule has 10 heteroatoms. The molecule has 3 rings (SSSR count). The lowest BCUT2D eigenvalue weighted by Gasteiger charge is -2.10. The highest BCUT2D eigenvalue weighted by molar-refractivity contribution is 7.99. The van der Waals surface area contributed by atoms with Crippen LogP contribution in [-0.2, 0) is 20.6 Å². The number of carbonyl (C=O) groups excluding carboxylic acids is 1. The zero-order valence-corrected chi connectivity index (χ0v) is 20.1. The van der Waals surface area contributed by atoms with Gasteiger partial charge in [-0.05, 0) is 67.6 Å². The van der Waals surface area contributed by atoms with Gasteiger partial charge in [0, 0.05) is 27.7 Å². The maximum Gasteiger partial charge on any atom is 0.261 e. The molecule has 0 heterocycles. The van der Waals surface area contributed by atoms with Crippen LogP contribution in [-0.4, -0.2) is 26.7 Å². The van der Waals surface area contributed by atoms with Gasteiger partial charge in [0.2, 0.25) is 5.91 Å². The Morgan fingerprint density at radius 1 is 1.03 bits per heavy atom. The third kappa shape index (κ3) is 7.12. The van der Waals surface area contributed by atoms with E-state index >= 15 is 0 Å². The second kappa shape index (κ2) is 11.4. The van der Waals surface area contributed by atoms with Gasteiger partial charge in [0.05, 0.1) is 17.3 Å². The molecule has 0 aliphatic heterocycles. The minimum Gasteiger partial charge on any atom is -0.494 e. The summed E-state index contributed by atoms with van der Waals surface area (Å²) in [5.41, 5.74) is 1.21. The number of anilines is 2. The topological polar surface area (TPSA) is 84.5 Å². The fourth-order valence-corrected chi connectivity index (χ4v) is 5.06. The Bertz CT molecular complexity index is 1180. The Balaban J connectivity index is 1.54. The third-order valence-electron chi connectivity index (χ3n) is 4.41. The molecule has 3 aromatic rings. The molecule has 0 radical (unpaired) electrons. The zero-order valence-electron chi connectivity index (χ0n) is 17.7. The van der Waals surface area contributed by atoms with Crippen molar-refractivity contribution in [3.63, 3.8) is 0 Å². The molecule has 0 atom stereocenters. The highest BCUT2D eigenvalue weighted by Gasteiger charge is 2.15. The summed E-state index contributed by atoms with van der Waals surface area (Å²) in [5.74, 6) is 0.287. The van der Waals surface area contributed by atoms with Gasteiger partial charge in [-0.1, -0.05) is 17.7 Å². The molecule has 0 bridgehead atoms. The third-order valence-corrected chi connectivity index (χ3v) is 7.12. The first-order valence-electron chi connectivity index (χ1n) is 9.94. The number of carbonyl (C=O) groups is 1. The van der Waals surface area contributed by atoms with Crippen LogP contribution in [0.5, 0.6) is 5.75 Å². The van der Waals surface area contributed by atoms with Crippen LogP contribution in [0.25, 0.3) is 0 Å². The standard InChI is InChI=1S/C23H22ClFN2O4S2/c1-2-31-18-10-6-17(7-11-18)27-33(29,30)19-12-8-16(9-13-19)26-23(28)15-32-14-20-21(24)4-3-5-22(20)25/h3-13,27H,2,14-15H2,1H3,(H,26,28). The van der Waals surface area contributed by atoms with Gasteiger partial charge < -0.3 is 10.1 Å². The van der Waals surface area contributed by atoms with E-state index in [2.05, 4.69) is 10.0 Å². The van der Waals surface area contributed by atoms with Crippen molar-refractivity contribution in [2.24, 2.45) is 0 Å². The van der Waals surface area contributed by atoms with E-state index in [9.17, 15) is 17.6 Å². The molecule has 0 unspecified atom stereocenters. The fourth-order valence-electron chi connectivity index (χ4n) is 2.83. The Kier molecular flexibility index (Phi) is 8.60. The predicted molar refractivity (Wildman–Crippen MR) is 131 cm³/mol. The van der Waals surface area contributed by atoms with Crippen molar-refractivity contribution in [1.82, 2.24) is 0 Å². The Hall–Kier alpha value is -2.75. The molecule has 33 heavy (non-hydrogen) atoms. The number of hydrogen-bond donors (Lipinski definition) is 2. The molecule has 0 aromatic heterocycles. The minimum absolute atomic E-state index is 0.0537. The summed E-state index contributed by atoms with van der Waals surface area (Å²) >= 11 is 7.21. The highest BCUT2D eigenvalue weighted by Crippen LogP contribution is 2.24. The highest BCUT2D eigenvalue weighted by atomic mass is 35.5. The van der Waals surface area contributed by atoms with Crippen molar-refractivity contribution in [3.8, 4) is 5.75 Å². The Morgan fingerprint density at radius 2 is 1.70 bits per heavy atom. The molecular weight excluding hydrogens is 487 g/mol. The molecule has 174 valence electrons. The molecule has 0 saturated heterocycles. The van der Waals surface area contributed by atoms with Crippen LogP contribution in [0.15, 0.2) is 71.6 Å². The molecule has 0 aliphatic carbocycles. The molecule has 3 aromatic carbocycles. The molecule has 6 nitrogen and oxygen atoms in total. The SMILES string of the molecule is CCOc1ccc(NS(=O)(=O)c2ccc(NC(=O)CSCc3c(F)cccc3Cl)cc2)cc1. The van der Waals surface area contributed by atoms with Crippen LogP contribution >= 0.6 is 23.4 Å². The van der Waals surface area contributed by atoms with Crippen LogP contribution in [0, 0.1) is 5.82 Å². The van der Waals surface area contributed by atoms with Gasteiger partial charge in [0.25, 0.3) is 10.0 Å². The summed E-state index contributed by atoms with van der Waals surface area (Å²) in [6.45, 7) is 2.38. The summed E-state index contributed by atoms with van der Waals surface area (Å²) in [6, 6.07) is 16.8. The van der Waals surface area contributed by atoms with E-state index in [0.29, 0.717) is 34.3 Å². The largest absolute Gasteiger partial charge is 0.494 e. The number of ether oxygens (including phenoxy) is 1. The summed E-state index contributed by atoms with van der Waals surface area (Å²) in [6.07, 6.45) is 0. The average Bonchev–Trinajstić information content (AvgIpc) is 2.77. The zero-order chi connectivity index (χ0) is 23.8. The van der Waals surface area contributed by atoms with Crippen molar-refractivity contribution in [3.05, 3.63) is 83.1 Å². The number of sulfonamides is 1. The second-order valence-corrected chi connectivity index (χ2v) is 9.90. The van der Waals surface area contributed by atoms with Gasteiger partial charge in [-0.15, -0.1) is 11.8 Å². The van der Waals surface area contributed by atoms with Crippen molar-refractivity contribution in [2.75, 3.05) is 22.4 Å². The number of thioether (sulfide) groups is 1. The van der Waals surface area contributed by atoms with E-state index in [1.54, 1.807) is 30.3 Å². The first kappa shape index (κ1) is 24.9. The smallest absolute Gasteiger partial charge is 0.261 e. The van der Waals surface area contributed by atoms with E-state index in [0.717, 1.165) is 0 Å². The molecule has 0 spiro atoms. The van der Waals surface area contributed by atoms with E-state index in [1.165, 1.54) is 48.2 Å². The Morgan fingerprint density at radius 3 is 2.33 bits per heavy atom. The first-order chi connectivity index (χ1) is 15.8. The number of benzene rings is 3. The van der Waals surface area contributed by atoms with Crippen LogP contribution in [0.1, 0.15) is 12.5 Å². The molecule has 2 N–H and O–H groups in total. The number of hydrogen-bond acceptors (Lipinski definition) is 5. The van der Waals surface area contributed by atoms with Crippen molar-refractivity contribution >= 4 is 50.7 Å². The minimum atomic E-state index is -3.79. The van der Waals surface area contributed by atoms with Crippen LogP contribution < -0.4 is 14.8 Å². The van der Waals surface area contributed by atoms with Gasteiger partial charge in [0.15, 0.2) is 0 Å². The maximum absolute atomic E-state index is 13.8. The lowest BCUT2D eigenvalue weighted by molar-refractivity contribution is -0.113. The summed E-state index contributed by atoms with van der Waals surface area (Å²) in [5, 5.41) is 3.01. The number of amides is 1. The van der Waals surface area contributed by atoms with Crippen LogP contribution in [0.3, 0.4) is 0 Å². The van der Waals surface area contributed by atoms with Gasteiger partial charge in [-0.25, -0.2) is 12.8 Å². The van der Waals surface area contributed by atoms with Gasteiger partial charge >= 0.3 is 0 Å². The number of nitrogens with one attached hydrogen (secondary N) is 2. The van der Waals surface area contributed by atoms with Gasteiger partial charge in [0.1, 0.15) is 11.6 Å². The molecule has 1 amide bonds. The summed E-state index contributed by atoms with van der Waals surface area (Å²) < 4.78 is 46.8. The second-order valence-electron chi connectivity index (χ2n) is 6.83. The fraction of sp³-hybridized carbons (Fsp3) is 0.174. The van der Waals surface area contributed by atoms with E-state index in [1.807, 2.05) is 6.92 Å². The number of halogens is 2. The van der Waals surface area contributed by atoms with Crippen molar-refractivity contribution in [2.45, 2.75) is 17.6 Å². The lowest BCUT2D eigenvalue weighted by Crippen LogP contribution is -2.15. The van der Waals surface area contributed by atoms with Crippen molar-refractivity contribution in [1.29, 1.82) is 0 Å².